The van der Waals surface area contributed by atoms with Crippen LogP contribution in [0.3, 0.4) is 0 Å². The van der Waals surface area contributed by atoms with E-state index in [1.807, 2.05) is 0 Å². The van der Waals surface area contributed by atoms with Gasteiger partial charge >= 0.3 is 0 Å². The average Bonchev–Trinajstić information content (AvgIpc) is 2.23. The number of nitrogen functional groups attached to an aromatic ring is 1. The summed E-state index contributed by atoms with van der Waals surface area (Å²) in [5.41, 5.74) is 6.78. The molecule has 1 amide bonds. The molecule has 0 aliphatic rings. The van der Waals surface area contributed by atoms with Gasteiger partial charge in [0, 0.05) is 12.1 Å². The maximum atomic E-state index is 11.6. The number of carbonyl (C=O) groups is 1. The van der Waals surface area contributed by atoms with Crippen LogP contribution >= 0.6 is 11.6 Å². The number of rotatable bonds is 4. The van der Waals surface area contributed by atoms with Crippen LogP contribution in [-0.2, 0) is 4.79 Å². The van der Waals surface area contributed by atoms with Crippen molar-refractivity contribution in [1.82, 2.24) is 0 Å². The highest BCUT2D eigenvalue weighted by Crippen LogP contribution is 2.22. The van der Waals surface area contributed by atoms with Gasteiger partial charge in [0.2, 0.25) is 5.91 Å². The molecule has 0 fully saturated rings. The van der Waals surface area contributed by atoms with Gasteiger partial charge in [-0.3, -0.25) is 4.79 Å². The summed E-state index contributed by atoms with van der Waals surface area (Å²) in [7, 11) is 0. The minimum absolute atomic E-state index is 0.00943. The van der Waals surface area contributed by atoms with Crippen LogP contribution in [0.5, 0.6) is 0 Å². The van der Waals surface area contributed by atoms with Gasteiger partial charge in [0.1, 0.15) is 0 Å². The summed E-state index contributed by atoms with van der Waals surface area (Å²) in [6.07, 6.45) is 1.52. The Hall–Kier alpha value is -1.22. The van der Waals surface area contributed by atoms with E-state index in [1.165, 1.54) is 0 Å². The number of anilines is 2. The molecule has 0 aromatic heterocycles. The molecule has 1 unspecified atom stereocenters. The zero-order valence-electron chi connectivity index (χ0n) is 9.59. The first-order valence-corrected chi connectivity index (χ1v) is 5.75. The van der Waals surface area contributed by atoms with E-state index in [-0.39, 0.29) is 5.91 Å². The number of halogens is 1. The lowest BCUT2D eigenvalue weighted by Crippen LogP contribution is -2.14. The molecule has 0 saturated carbocycles. The Kier molecular flexibility index (Phi) is 4.62. The first-order valence-electron chi connectivity index (χ1n) is 5.37. The van der Waals surface area contributed by atoms with Gasteiger partial charge in [0.05, 0.1) is 10.7 Å². The predicted octanol–water partition coefficient (Wildman–Crippen LogP) is 3.30. The van der Waals surface area contributed by atoms with Gasteiger partial charge in [-0.25, -0.2) is 0 Å². The second-order valence-electron chi connectivity index (χ2n) is 4.00. The van der Waals surface area contributed by atoms with Crippen molar-refractivity contribution in [2.24, 2.45) is 5.92 Å². The molecule has 0 heterocycles. The number of carbonyl (C=O) groups excluding carboxylic acids is 1. The summed E-state index contributed by atoms with van der Waals surface area (Å²) in [4.78, 5) is 11.6. The lowest BCUT2D eigenvalue weighted by atomic mass is 10.1. The number of nitrogens with two attached hydrogens (primary N) is 1. The topological polar surface area (TPSA) is 55.1 Å². The van der Waals surface area contributed by atoms with Gasteiger partial charge in [-0.2, -0.15) is 0 Å². The third-order valence-corrected chi connectivity index (χ3v) is 2.84. The molecule has 88 valence electrons. The first-order chi connectivity index (χ1) is 7.52. The highest BCUT2D eigenvalue weighted by atomic mass is 35.5. The fourth-order valence-corrected chi connectivity index (χ4v) is 1.46. The van der Waals surface area contributed by atoms with Crippen molar-refractivity contribution >= 4 is 28.9 Å². The second kappa shape index (κ2) is 5.75. The van der Waals surface area contributed by atoms with E-state index in [9.17, 15) is 4.79 Å². The normalized spacial score (nSPS) is 12.2. The standard InChI is InChI=1S/C12H17ClN2O/c1-3-8(2)6-12(16)15-9-4-5-11(14)10(13)7-9/h4-5,7-8H,3,6,14H2,1-2H3,(H,15,16). The smallest absolute Gasteiger partial charge is 0.224 e. The van der Waals surface area contributed by atoms with Crippen LogP contribution in [0.1, 0.15) is 26.7 Å². The van der Waals surface area contributed by atoms with E-state index in [0.29, 0.717) is 28.7 Å². The third-order valence-electron chi connectivity index (χ3n) is 2.51. The Balaban J connectivity index is 2.59. The van der Waals surface area contributed by atoms with Crippen LogP contribution in [0.2, 0.25) is 5.02 Å². The zero-order valence-corrected chi connectivity index (χ0v) is 10.3. The molecule has 3 N–H and O–H groups in total. The molecule has 4 heteroatoms. The minimum atomic E-state index is 0.00943. The molecule has 0 spiro atoms. The SMILES string of the molecule is CCC(C)CC(=O)Nc1ccc(N)c(Cl)c1. The largest absolute Gasteiger partial charge is 0.398 e. The van der Waals surface area contributed by atoms with E-state index >= 15 is 0 Å². The van der Waals surface area contributed by atoms with Crippen LogP contribution in [-0.4, -0.2) is 5.91 Å². The Labute approximate surface area is 101 Å². The maximum absolute atomic E-state index is 11.6. The molecule has 0 aliphatic carbocycles. The summed E-state index contributed by atoms with van der Waals surface area (Å²) < 4.78 is 0. The average molecular weight is 241 g/mol. The highest BCUT2D eigenvalue weighted by Gasteiger charge is 2.08. The molecular formula is C12H17ClN2O. The van der Waals surface area contributed by atoms with E-state index in [1.54, 1.807) is 18.2 Å². The van der Waals surface area contributed by atoms with Gasteiger partial charge in [-0.1, -0.05) is 31.9 Å². The van der Waals surface area contributed by atoms with E-state index in [2.05, 4.69) is 19.2 Å². The van der Waals surface area contributed by atoms with Crippen LogP contribution in [0, 0.1) is 5.92 Å². The summed E-state index contributed by atoms with van der Waals surface area (Å²) in [5, 5.41) is 3.26. The van der Waals surface area contributed by atoms with Gasteiger partial charge in [0.15, 0.2) is 0 Å². The number of amides is 1. The fourth-order valence-electron chi connectivity index (χ4n) is 1.28. The molecule has 1 aromatic carbocycles. The Morgan fingerprint density at radius 2 is 2.25 bits per heavy atom. The highest BCUT2D eigenvalue weighted by molar-refractivity contribution is 6.33. The van der Waals surface area contributed by atoms with Gasteiger partial charge in [-0.15, -0.1) is 0 Å². The van der Waals surface area contributed by atoms with Crippen LogP contribution in [0.4, 0.5) is 11.4 Å². The van der Waals surface area contributed by atoms with Gasteiger partial charge in [0.25, 0.3) is 0 Å². The molecule has 3 nitrogen and oxygen atoms in total. The van der Waals surface area contributed by atoms with Crippen molar-refractivity contribution < 1.29 is 4.79 Å². The molecule has 1 aromatic rings. The molecule has 1 atom stereocenters. The number of hydrogen-bond acceptors (Lipinski definition) is 2. The van der Waals surface area contributed by atoms with Crippen molar-refractivity contribution in [1.29, 1.82) is 0 Å². The maximum Gasteiger partial charge on any atom is 0.224 e. The van der Waals surface area contributed by atoms with Crippen molar-refractivity contribution in [3.8, 4) is 0 Å². The fraction of sp³-hybridized carbons (Fsp3) is 0.417. The first kappa shape index (κ1) is 12.8. The summed E-state index contributed by atoms with van der Waals surface area (Å²) in [5.74, 6) is 0.402. The van der Waals surface area contributed by atoms with Crippen molar-refractivity contribution in [3.05, 3.63) is 23.2 Å². The van der Waals surface area contributed by atoms with Crippen molar-refractivity contribution in [3.63, 3.8) is 0 Å². The predicted molar refractivity (Wildman–Crippen MR) is 68.6 cm³/mol. The quantitative estimate of drug-likeness (QED) is 0.794. The Bertz CT molecular complexity index is 379. The molecule has 0 saturated heterocycles. The van der Waals surface area contributed by atoms with Gasteiger partial charge in [-0.05, 0) is 24.1 Å². The summed E-state index contributed by atoms with van der Waals surface area (Å²) >= 11 is 5.85. The van der Waals surface area contributed by atoms with E-state index in [4.69, 9.17) is 17.3 Å². The lowest BCUT2D eigenvalue weighted by Gasteiger charge is -2.09. The lowest BCUT2D eigenvalue weighted by molar-refractivity contribution is -0.117. The second-order valence-corrected chi connectivity index (χ2v) is 4.41. The Morgan fingerprint density at radius 3 is 2.81 bits per heavy atom. The molecule has 1 rings (SSSR count). The molecule has 0 aliphatic heterocycles. The number of hydrogen-bond donors (Lipinski definition) is 2. The number of nitrogens with one attached hydrogen (secondary N) is 1. The van der Waals surface area contributed by atoms with Crippen LogP contribution < -0.4 is 11.1 Å². The zero-order chi connectivity index (χ0) is 12.1. The Morgan fingerprint density at radius 1 is 1.56 bits per heavy atom. The van der Waals surface area contributed by atoms with Gasteiger partial charge < -0.3 is 11.1 Å². The minimum Gasteiger partial charge on any atom is -0.398 e. The summed E-state index contributed by atoms with van der Waals surface area (Å²) in [6, 6.07) is 5.09. The van der Waals surface area contributed by atoms with Crippen LogP contribution in [0.25, 0.3) is 0 Å². The van der Waals surface area contributed by atoms with E-state index < -0.39 is 0 Å². The molecule has 0 bridgehead atoms. The van der Waals surface area contributed by atoms with Crippen molar-refractivity contribution in [2.45, 2.75) is 26.7 Å². The molecule has 16 heavy (non-hydrogen) atoms. The third kappa shape index (κ3) is 3.74. The summed E-state index contributed by atoms with van der Waals surface area (Å²) in [6.45, 7) is 4.12. The number of benzene rings is 1. The molecule has 0 radical (unpaired) electrons. The molecular weight excluding hydrogens is 224 g/mol. The monoisotopic (exact) mass is 240 g/mol. The van der Waals surface area contributed by atoms with Crippen molar-refractivity contribution in [2.75, 3.05) is 11.1 Å². The van der Waals surface area contributed by atoms with Crippen LogP contribution in [0.15, 0.2) is 18.2 Å². The van der Waals surface area contributed by atoms with E-state index in [0.717, 1.165) is 6.42 Å².